The van der Waals surface area contributed by atoms with Gasteiger partial charge >= 0.3 is 0 Å². The van der Waals surface area contributed by atoms with E-state index in [0.29, 0.717) is 6.61 Å². The molecule has 0 heterocycles. The number of hydrogen-bond acceptors (Lipinski definition) is 3. The molecule has 3 heteroatoms. The minimum atomic E-state index is 0.689. The zero-order valence-corrected chi connectivity index (χ0v) is 11.6. The summed E-state index contributed by atoms with van der Waals surface area (Å²) >= 11 is 0. The highest BCUT2D eigenvalue weighted by molar-refractivity contribution is 5.32. The lowest BCUT2D eigenvalue weighted by Crippen LogP contribution is -2.07. The zero-order chi connectivity index (χ0) is 13.1. The first kappa shape index (κ1) is 14.8. The number of rotatable bonds is 10. The molecular weight excluding hydrogens is 226 g/mol. The standard InChI is InChI=1S/C15H25NO2/c1-3-17-14-9-8-10-15(13-14)18-12-7-5-4-6-11-16-2/h8-10,13,16H,3-7,11-12H2,1-2H3. The van der Waals surface area contributed by atoms with Gasteiger partial charge in [0.15, 0.2) is 0 Å². The molecule has 0 aliphatic heterocycles. The molecule has 1 aromatic rings. The first-order valence-electron chi connectivity index (χ1n) is 6.87. The summed E-state index contributed by atoms with van der Waals surface area (Å²) in [7, 11) is 1.99. The maximum absolute atomic E-state index is 5.70. The second kappa shape index (κ2) is 9.77. The van der Waals surface area contributed by atoms with E-state index in [9.17, 15) is 0 Å². The van der Waals surface area contributed by atoms with Gasteiger partial charge in [-0.2, -0.15) is 0 Å². The van der Waals surface area contributed by atoms with Crippen molar-refractivity contribution in [3.05, 3.63) is 24.3 Å². The minimum Gasteiger partial charge on any atom is -0.494 e. The van der Waals surface area contributed by atoms with Gasteiger partial charge in [0, 0.05) is 6.07 Å². The Hall–Kier alpha value is -1.22. The van der Waals surface area contributed by atoms with Crippen LogP contribution in [0, 0.1) is 0 Å². The van der Waals surface area contributed by atoms with E-state index in [-0.39, 0.29) is 0 Å². The van der Waals surface area contributed by atoms with Crippen molar-refractivity contribution in [3.63, 3.8) is 0 Å². The molecule has 0 radical (unpaired) electrons. The second-order valence-electron chi connectivity index (χ2n) is 4.27. The average molecular weight is 251 g/mol. The highest BCUT2D eigenvalue weighted by Gasteiger charge is 1.97. The van der Waals surface area contributed by atoms with E-state index in [0.717, 1.165) is 31.1 Å². The topological polar surface area (TPSA) is 30.5 Å². The molecule has 0 fully saturated rings. The van der Waals surface area contributed by atoms with Crippen molar-refractivity contribution in [3.8, 4) is 11.5 Å². The third kappa shape index (κ3) is 6.50. The van der Waals surface area contributed by atoms with Crippen molar-refractivity contribution < 1.29 is 9.47 Å². The Morgan fingerprint density at radius 1 is 1.00 bits per heavy atom. The van der Waals surface area contributed by atoms with Gasteiger partial charge < -0.3 is 14.8 Å². The molecule has 3 nitrogen and oxygen atoms in total. The van der Waals surface area contributed by atoms with Gasteiger partial charge in [0.1, 0.15) is 11.5 Å². The van der Waals surface area contributed by atoms with E-state index >= 15 is 0 Å². The molecule has 0 unspecified atom stereocenters. The molecule has 0 saturated carbocycles. The van der Waals surface area contributed by atoms with Gasteiger partial charge in [-0.1, -0.05) is 18.9 Å². The van der Waals surface area contributed by atoms with Gasteiger partial charge in [0.2, 0.25) is 0 Å². The van der Waals surface area contributed by atoms with Crippen molar-refractivity contribution >= 4 is 0 Å². The molecule has 0 saturated heterocycles. The molecule has 102 valence electrons. The smallest absolute Gasteiger partial charge is 0.122 e. The number of hydrogen-bond donors (Lipinski definition) is 1. The van der Waals surface area contributed by atoms with E-state index in [2.05, 4.69) is 5.32 Å². The summed E-state index contributed by atoms with van der Waals surface area (Å²) in [6, 6.07) is 7.84. The van der Waals surface area contributed by atoms with Gasteiger partial charge in [-0.25, -0.2) is 0 Å². The SMILES string of the molecule is CCOc1cccc(OCCCCCCNC)c1. The Morgan fingerprint density at radius 2 is 1.72 bits per heavy atom. The Kier molecular flexibility index (Phi) is 8.06. The van der Waals surface area contributed by atoms with Gasteiger partial charge in [0.05, 0.1) is 13.2 Å². The highest BCUT2D eigenvalue weighted by atomic mass is 16.5. The van der Waals surface area contributed by atoms with Crippen LogP contribution in [0.5, 0.6) is 11.5 Å². The molecule has 0 atom stereocenters. The average Bonchev–Trinajstić information content (AvgIpc) is 2.39. The largest absolute Gasteiger partial charge is 0.494 e. The van der Waals surface area contributed by atoms with Crippen LogP contribution in [0.15, 0.2) is 24.3 Å². The van der Waals surface area contributed by atoms with Crippen LogP contribution in [-0.4, -0.2) is 26.8 Å². The van der Waals surface area contributed by atoms with Crippen molar-refractivity contribution in [1.29, 1.82) is 0 Å². The van der Waals surface area contributed by atoms with Gasteiger partial charge in [-0.15, -0.1) is 0 Å². The number of benzene rings is 1. The predicted molar refractivity (Wildman–Crippen MR) is 75.5 cm³/mol. The van der Waals surface area contributed by atoms with Crippen LogP contribution < -0.4 is 14.8 Å². The Bertz CT molecular complexity index is 315. The Morgan fingerprint density at radius 3 is 2.44 bits per heavy atom. The van der Waals surface area contributed by atoms with Crippen molar-refractivity contribution in [2.45, 2.75) is 32.6 Å². The van der Waals surface area contributed by atoms with Gasteiger partial charge in [-0.3, -0.25) is 0 Å². The first-order chi connectivity index (χ1) is 8.86. The van der Waals surface area contributed by atoms with E-state index in [4.69, 9.17) is 9.47 Å². The molecule has 1 N–H and O–H groups in total. The van der Waals surface area contributed by atoms with Crippen LogP contribution in [-0.2, 0) is 0 Å². The highest BCUT2D eigenvalue weighted by Crippen LogP contribution is 2.19. The molecule has 0 spiro atoms. The van der Waals surface area contributed by atoms with Crippen LogP contribution >= 0.6 is 0 Å². The van der Waals surface area contributed by atoms with Crippen molar-refractivity contribution in [1.82, 2.24) is 5.32 Å². The van der Waals surface area contributed by atoms with Crippen molar-refractivity contribution in [2.75, 3.05) is 26.8 Å². The van der Waals surface area contributed by atoms with E-state index in [1.807, 2.05) is 38.2 Å². The fourth-order valence-electron chi connectivity index (χ4n) is 1.77. The summed E-state index contributed by atoms with van der Waals surface area (Å²) in [5.74, 6) is 1.78. The van der Waals surface area contributed by atoms with E-state index in [1.165, 1.54) is 19.3 Å². The lowest BCUT2D eigenvalue weighted by Gasteiger charge is -2.08. The molecule has 0 aliphatic carbocycles. The van der Waals surface area contributed by atoms with Crippen molar-refractivity contribution in [2.24, 2.45) is 0 Å². The van der Waals surface area contributed by atoms with Crippen LogP contribution in [0.4, 0.5) is 0 Å². The summed E-state index contributed by atoms with van der Waals surface area (Å²) in [5.41, 5.74) is 0. The third-order valence-electron chi connectivity index (χ3n) is 2.71. The maximum Gasteiger partial charge on any atom is 0.122 e. The summed E-state index contributed by atoms with van der Waals surface area (Å²) in [5, 5.41) is 3.16. The fourth-order valence-corrected chi connectivity index (χ4v) is 1.77. The second-order valence-corrected chi connectivity index (χ2v) is 4.27. The van der Waals surface area contributed by atoms with Crippen LogP contribution in [0.1, 0.15) is 32.6 Å². The molecule has 18 heavy (non-hydrogen) atoms. The third-order valence-corrected chi connectivity index (χ3v) is 2.71. The van der Waals surface area contributed by atoms with Gasteiger partial charge in [-0.05, 0) is 45.5 Å². The normalized spacial score (nSPS) is 10.3. The first-order valence-corrected chi connectivity index (χ1v) is 6.87. The fraction of sp³-hybridized carbons (Fsp3) is 0.600. The maximum atomic E-state index is 5.70. The summed E-state index contributed by atoms with van der Waals surface area (Å²) in [6.07, 6.45) is 4.86. The molecule has 0 bridgehead atoms. The quantitative estimate of drug-likeness (QED) is 0.648. The van der Waals surface area contributed by atoms with Crippen LogP contribution in [0.3, 0.4) is 0 Å². The van der Waals surface area contributed by atoms with Crippen LogP contribution in [0.2, 0.25) is 0 Å². The molecule has 0 aromatic heterocycles. The molecule has 1 rings (SSSR count). The predicted octanol–water partition coefficient (Wildman–Crippen LogP) is 3.24. The van der Waals surface area contributed by atoms with E-state index in [1.54, 1.807) is 0 Å². The van der Waals surface area contributed by atoms with Crippen LogP contribution in [0.25, 0.3) is 0 Å². The molecule has 1 aromatic carbocycles. The minimum absolute atomic E-state index is 0.689. The monoisotopic (exact) mass is 251 g/mol. The summed E-state index contributed by atoms with van der Waals surface area (Å²) in [4.78, 5) is 0. The number of ether oxygens (including phenoxy) is 2. The zero-order valence-electron chi connectivity index (χ0n) is 11.6. The Labute approximate surface area is 110 Å². The summed E-state index contributed by atoms with van der Waals surface area (Å²) in [6.45, 7) is 4.57. The summed E-state index contributed by atoms with van der Waals surface area (Å²) < 4.78 is 11.1. The number of unbranched alkanes of at least 4 members (excludes halogenated alkanes) is 3. The molecule has 0 aliphatic rings. The lowest BCUT2D eigenvalue weighted by atomic mass is 10.2. The molecular formula is C15H25NO2. The molecule has 0 amide bonds. The number of nitrogens with one attached hydrogen (secondary N) is 1. The van der Waals surface area contributed by atoms with E-state index < -0.39 is 0 Å². The Balaban J connectivity index is 2.13. The lowest BCUT2D eigenvalue weighted by molar-refractivity contribution is 0.299. The van der Waals surface area contributed by atoms with Gasteiger partial charge in [0.25, 0.3) is 0 Å².